The summed E-state index contributed by atoms with van der Waals surface area (Å²) in [4.78, 5) is 4.84. The van der Waals surface area contributed by atoms with Gasteiger partial charge in [0.2, 0.25) is 0 Å². The van der Waals surface area contributed by atoms with E-state index in [0.717, 1.165) is 72.3 Å². The first kappa shape index (κ1) is 37.0. The average molecular weight is 930 g/mol. The van der Waals surface area contributed by atoms with Gasteiger partial charge in [-0.25, -0.2) is 4.98 Å². The molecule has 6 heteroatoms. The summed E-state index contributed by atoms with van der Waals surface area (Å²) in [7, 11) is 0. The van der Waals surface area contributed by atoms with E-state index in [1.807, 2.05) is 36.5 Å². The number of pyridine rings is 1. The molecule has 10 aromatic rings. The van der Waals surface area contributed by atoms with E-state index in [1.54, 1.807) is 0 Å². The van der Waals surface area contributed by atoms with Gasteiger partial charge in [0, 0.05) is 44.3 Å². The number of benzene rings is 7. The number of ether oxygens (including phenoxy) is 1. The maximum absolute atomic E-state index is 6.62. The minimum Gasteiger partial charge on any atom is -0.510 e. The van der Waals surface area contributed by atoms with E-state index in [2.05, 4.69) is 192 Å². The zero-order valence-corrected chi connectivity index (χ0v) is 34.5. The van der Waals surface area contributed by atoms with E-state index in [-0.39, 0.29) is 26.5 Å². The van der Waals surface area contributed by atoms with Gasteiger partial charge in [0.05, 0.1) is 16.7 Å². The second-order valence-electron chi connectivity index (χ2n) is 15.3. The Labute approximate surface area is 352 Å². The van der Waals surface area contributed by atoms with Crippen LogP contribution in [0.4, 0.5) is 0 Å². The van der Waals surface area contributed by atoms with E-state index in [1.165, 1.54) is 5.56 Å². The molecule has 58 heavy (non-hydrogen) atoms. The number of rotatable bonds is 7. The summed E-state index contributed by atoms with van der Waals surface area (Å²) < 4.78 is 13.0. The molecule has 3 heterocycles. The molecule has 0 saturated carbocycles. The van der Waals surface area contributed by atoms with Crippen molar-refractivity contribution in [2.75, 3.05) is 0 Å². The molecule has 0 radical (unpaired) electrons. The number of imidazole rings is 1. The Balaban J connectivity index is 0.00000436. The van der Waals surface area contributed by atoms with Crippen molar-refractivity contribution in [1.29, 1.82) is 0 Å². The third-order valence-electron chi connectivity index (χ3n) is 10.6. The quantitative estimate of drug-likeness (QED) is 0.118. The molecule has 0 atom stereocenters. The van der Waals surface area contributed by atoms with Crippen LogP contribution in [0.15, 0.2) is 176 Å². The van der Waals surface area contributed by atoms with Gasteiger partial charge in [-0.3, -0.25) is 4.57 Å². The van der Waals surface area contributed by atoms with Crippen LogP contribution < -0.4 is 9.30 Å². The third-order valence-corrected chi connectivity index (χ3v) is 10.6. The van der Waals surface area contributed by atoms with Crippen LogP contribution in [0.25, 0.3) is 72.3 Å². The molecule has 0 aliphatic rings. The van der Waals surface area contributed by atoms with Crippen LogP contribution in [0.3, 0.4) is 0 Å². The van der Waals surface area contributed by atoms with Gasteiger partial charge >= 0.3 is 0 Å². The van der Waals surface area contributed by atoms with Crippen molar-refractivity contribution in [3.8, 4) is 50.9 Å². The molecule has 0 N–H and O–H groups in total. The van der Waals surface area contributed by atoms with Crippen LogP contribution in [0, 0.1) is 18.5 Å². The first-order chi connectivity index (χ1) is 27.9. The van der Waals surface area contributed by atoms with Crippen LogP contribution >= 0.6 is 0 Å². The number of hydrogen-bond acceptors (Lipinski definition) is 2. The summed E-state index contributed by atoms with van der Waals surface area (Å²) >= 11 is 0. The van der Waals surface area contributed by atoms with Crippen molar-refractivity contribution < 1.29 is 30.4 Å². The zero-order chi connectivity index (χ0) is 38.5. The van der Waals surface area contributed by atoms with Crippen molar-refractivity contribution in [2.45, 2.75) is 26.2 Å². The first-order valence-electron chi connectivity index (χ1n) is 19.2. The zero-order valence-electron chi connectivity index (χ0n) is 32.3. The topological polar surface area (TPSA) is 35.9 Å². The standard InChI is InChI=1S/C52H38N4O.Pt/c1-52(2,3)39-28-29-53-50(32-39)56-47-25-14-13-24-44(47)45-27-26-43(34-48(45)56)57-42-23-15-22-41(33-42)54-35-55(40-20-11-6-12-21-40)51-46(37-18-9-5-10-19-37)30-38(31-49(51)54)36-16-7-4-8-17-36;/h4-32H,1-3H3;/q-2;. The second-order valence-corrected chi connectivity index (χ2v) is 15.3. The molecule has 0 saturated heterocycles. The molecule has 0 spiro atoms. The fraction of sp³-hybridized carbons (Fsp3) is 0.0769. The molecule has 7 aromatic carbocycles. The van der Waals surface area contributed by atoms with Crippen molar-refractivity contribution >= 4 is 32.8 Å². The molecular weight excluding hydrogens is 892 g/mol. The molecule has 0 amide bonds. The molecule has 0 aliphatic carbocycles. The predicted molar refractivity (Wildman–Crippen MR) is 230 cm³/mol. The molecule has 0 bridgehead atoms. The normalized spacial score (nSPS) is 11.6. The Morgan fingerprint density at radius 1 is 0.586 bits per heavy atom. The monoisotopic (exact) mass is 929 g/mol. The van der Waals surface area contributed by atoms with Crippen molar-refractivity contribution in [1.82, 2.24) is 14.1 Å². The molecular formula is C52H38N4OPt-2. The molecule has 0 aliphatic heterocycles. The third kappa shape index (κ3) is 6.72. The maximum atomic E-state index is 6.62. The largest absolute Gasteiger partial charge is 0.510 e. The fourth-order valence-corrected chi connectivity index (χ4v) is 7.73. The SMILES string of the molecule is CC(C)(C)c1ccnc(-n2c3[c-]c(Oc4[c-]c(-n5[c-][n+](-c6ccccc6)c6c(-c7ccccc7)cc(-c7ccccc7)cc65)ccc4)ccc3c3ccccc32)c1.[Pt]. The van der Waals surface area contributed by atoms with Crippen LogP contribution in [0.2, 0.25) is 0 Å². The Hall–Kier alpha value is -6.55. The smallest absolute Gasteiger partial charge is 0.268 e. The summed E-state index contributed by atoms with van der Waals surface area (Å²) in [5.74, 6) is 2.01. The van der Waals surface area contributed by atoms with Gasteiger partial charge in [-0.15, -0.1) is 29.7 Å². The van der Waals surface area contributed by atoms with Crippen LogP contribution in [-0.4, -0.2) is 14.1 Å². The van der Waals surface area contributed by atoms with E-state index in [9.17, 15) is 0 Å². The Kier molecular flexibility index (Phi) is 9.63. The van der Waals surface area contributed by atoms with Gasteiger partial charge in [0.1, 0.15) is 5.82 Å². The Morgan fingerprint density at radius 3 is 2.03 bits per heavy atom. The van der Waals surface area contributed by atoms with Crippen molar-refractivity contribution in [2.24, 2.45) is 0 Å². The second kappa shape index (κ2) is 15.1. The molecule has 0 fully saturated rings. The van der Waals surface area contributed by atoms with E-state index >= 15 is 0 Å². The van der Waals surface area contributed by atoms with E-state index < -0.39 is 0 Å². The number of aromatic nitrogens is 4. The summed E-state index contributed by atoms with van der Waals surface area (Å²) in [5.41, 5.74) is 11.5. The van der Waals surface area contributed by atoms with Gasteiger partial charge < -0.3 is 13.9 Å². The van der Waals surface area contributed by atoms with Crippen molar-refractivity contribution in [3.63, 3.8) is 0 Å². The summed E-state index contributed by atoms with van der Waals surface area (Å²) in [6.45, 7) is 6.67. The van der Waals surface area contributed by atoms with Gasteiger partial charge in [-0.05, 0) is 80.7 Å². The van der Waals surface area contributed by atoms with Gasteiger partial charge in [-0.1, -0.05) is 129 Å². The number of nitrogens with zero attached hydrogens (tertiary/aromatic N) is 4. The molecule has 0 unspecified atom stereocenters. The maximum Gasteiger partial charge on any atom is 0.268 e. The number of hydrogen-bond donors (Lipinski definition) is 0. The predicted octanol–water partition coefficient (Wildman–Crippen LogP) is 12.2. The summed E-state index contributed by atoms with van der Waals surface area (Å²) in [6, 6.07) is 66.0. The van der Waals surface area contributed by atoms with Crippen LogP contribution in [-0.2, 0) is 26.5 Å². The Morgan fingerprint density at radius 2 is 1.28 bits per heavy atom. The number of fused-ring (bicyclic) bond motifs is 4. The molecule has 5 nitrogen and oxygen atoms in total. The number of para-hydroxylation sites is 2. The van der Waals surface area contributed by atoms with Crippen LogP contribution in [0.5, 0.6) is 11.5 Å². The first-order valence-corrected chi connectivity index (χ1v) is 19.2. The minimum atomic E-state index is -0.0235. The summed E-state index contributed by atoms with van der Waals surface area (Å²) in [6.07, 6.45) is 5.61. The van der Waals surface area contributed by atoms with Gasteiger partial charge in [0.25, 0.3) is 6.33 Å². The fourth-order valence-electron chi connectivity index (χ4n) is 7.73. The average Bonchev–Trinajstić information content (AvgIpc) is 3.80. The van der Waals surface area contributed by atoms with E-state index in [4.69, 9.17) is 9.72 Å². The molecule has 10 rings (SSSR count). The minimum absolute atomic E-state index is 0. The van der Waals surface area contributed by atoms with Crippen molar-refractivity contribution in [3.05, 3.63) is 200 Å². The Bertz CT molecular complexity index is 3070. The summed E-state index contributed by atoms with van der Waals surface area (Å²) in [5, 5.41) is 2.22. The molecule has 3 aromatic heterocycles. The van der Waals surface area contributed by atoms with E-state index in [0.29, 0.717) is 11.5 Å². The van der Waals surface area contributed by atoms with Gasteiger partial charge in [-0.2, -0.15) is 18.2 Å². The van der Waals surface area contributed by atoms with Gasteiger partial charge in [0.15, 0.2) is 0 Å². The van der Waals surface area contributed by atoms with Crippen LogP contribution in [0.1, 0.15) is 26.3 Å². The molecule has 284 valence electrons.